The summed E-state index contributed by atoms with van der Waals surface area (Å²) in [7, 11) is 0. The van der Waals surface area contributed by atoms with Crippen molar-refractivity contribution in [3.05, 3.63) is 12.3 Å². The monoisotopic (exact) mass is 320 g/mol. The number of ether oxygens (including phenoxy) is 1. The van der Waals surface area contributed by atoms with Crippen LogP contribution in [0, 0.1) is 5.92 Å². The summed E-state index contributed by atoms with van der Waals surface area (Å²) in [4.78, 5) is 11.0. The molecule has 1 aromatic rings. The van der Waals surface area contributed by atoms with Crippen LogP contribution in [0.2, 0.25) is 0 Å². The molecule has 1 unspecified atom stereocenters. The Hall–Kier alpha value is -1.40. The average molecular weight is 320 g/mol. The zero-order valence-corrected chi connectivity index (χ0v) is 13.9. The highest BCUT2D eigenvalue weighted by Gasteiger charge is 2.31. The minimum Gasteiger partial charge on any atom is -0.460 e. The molecule has 0 spiro atoms. The number of hydrogen-bond donors (Lipinski definition) is 2. The molecule has 2 fully saturated rings. The maximum Gasteiger partial charge on any atom is 0.318 e. The fourth-order valence-corrected chi connectivity index (χ4v) is 3.55. The van der Waals surface area contributed by atoms with E-state index in [-0.39, 0.29) is 12.7 Å². The summed E-state index contributed by atoms with van der Waals surface area (Å²) < 4.78 is 5.98. The van der Waals surface area contributed by atoms with Gasteiger partial charge in [-0.3, -0.25) is 0 Å². The summed E-state index contributed by atoms with van der Waals surface area (Å²) in [6, 6.07) is 2.35. The number of anilines is 1. The van der Waals surface area contributed by atoms with Crippen LogP contribution in [0.3, 0.4) is 0 Å². The minimum atomic E-state index is -0.538. The molecule has 1 atom stereocenters. The Bertz CT molecular complexity index is 519. The number of hydrogen-bond acceptors (Lipinski definition) is 6. The quantitative estimate of drug-likeness (QED) is 0.879. The van der Waals surface area contributed by atoms with Crippen LogP contribution in [-0.2, 0) is 0 Å². The lowest BCUT2D eigenvalue weighted by Gasteiger charge is -2.39. The molecule has 0 bridgehead atoms. The second-order valence-electron chi connectivity index (χ2n) is 7.24. The van der Waals surface area contributed by atoms with Gasteiger partial charge in [0.05, 0.1) is 12.1 Å². The highest BCUT2D eigenvalue weighted by molar-refractivity contribution is 5.40. The number of nitrogens with zero attached hydrogens (tertiary/aromatic N) is 3. The Morgan fingerprint density at radius 3 is 2.91 bits per heavy atom. The zero-order chi connectivity index (χ0) is 16.3. The summed E-state index contributed by atoms with van der Waals surface area (Å²) in [6.45, 7) is 3.80. The lowest BCUT2D eigenvalue weighted by molar-refractivity contribution is 0.124. The number of aromatic nitrogens is 2. The lowest BCUT2D eigenvalue weighted by Crippen LogP contribution is -2.57. The van der Waals surface area contributed by atoms with Gasteiger partial charge in [-0.2, -0.15) is 4.98 Å². The van der Waals surface area contributed by atoms with Gasteiger partial charge in [0.1, 0.15) is 11.9 Å². The molecule has 6 heteroatoms. The van der Waals surface area contributed by atoms with Crippen molar-refractivity contribution in [1.82, 2.24) is 9.97 Å². The molecule has 0 radical (unpaired) electrons. The molecule has 2 heterocycles. The molecule has 0 aromatic carbocycles. The van der Waals surface area contributed by atoms with Gasteiger partial charge in [0.2, 0.25) is 0 Å². The van der Waals surface area contributed by atoms with Crippen molar-refractivity contribution in [3.8, 4) is 6.01 Å². The molecule has 23 heavy (non-hydrogen) atoms. The Labute approximate surface area is 138 Å². The van der Waals surface area contributed by atoms with Crippen LogP contribution in [0.4, 0.5) is 5.82 Å². The Balaban J connectivity index is 1.65. The molecule has 1 aliphatic heterocycles. The topological polar surface area (TPSA) is 84.5 Å². The van der Waals surface area contributed by atoms with Crippen molar-refractivity contribution in [2.24, 2.45) is 11.7 Å². The highest BCUT2D eigenvalue weighted by atomic mass is 16.5. The van der Waals surface area contributed by atoms with E-state index < -0.39 is 5.54 Å². The second kappa shape index (κ2) is 7.01. The predicted octanol–water partition coefficient (Wildman–Crippen LogP) is 1.72. The fraction of sp³-hybridized carbons (Fsp3) is 0.765. The number of rotatable bonds is 4. The Kier molecular flexibility index (Phi) is 5.02. The van der Waals surface area contributed by atoms with E-state index in [9.17, 15) is 5.11 Å². The van der Waals surface area contributed by atoms with Crippen LogP contribution in [0.1, 0.15) is 45.4 Å². The number of aliphatic hydroxyl groups is 1. The third-order valence-corrected chi connectivity index (χ3v) is 5.10. The predicted molar refractivity (Wildman–Crippen MR) is 89.5 cm³/mol. The smallest absolute Gasteiger partial charge is 0.318 e. The molecule has 1 saturated heterocycles. The molecule has 1 saturated carbocycles. The van der Waals surface area contributed by atoms with Crippen molar-refractivity contribution in [2.75, 3.05) is 24.6 Å². The first-order valence-electron chi connectivity index (χ1n) is 8.72. The SMILES string of the molecule is CC1CCC(Oc2nccc(N3CCCC(N)(CO)C3)n2)CC1. The molecular weight excluding hydrogens is 292 g/mol. The van der Waals surface area contributed by atoms with Crippen LogP contribution in [0.25, 0.3) is 0 Å². The van der Waals surface area contributed by atoms with E-state index in [0.717, 1.165) is 44.0 Å². The summed E-state index contributed by atoms with van der Waals surface area (Å²) in [5.74, 6) is 1.63. The Morgan fingerprint density at radius 1 is 1.39 bits per heavy atom. The molecule has 1 aliphatic carbocycles. The van der Waals surface area contributed by atoms with Gasteiger partial charge in [-0.15, -0.1) is 0 Å². The highest BCUT2D eigenvalue weighted by Crippen LogP contribution is 2.27. The third kappa shape index (κ3) is 4.12. The molecule has 3 N–H and O–H groups in total. The van der Waals surface area contributed by atoms with Crippen LogP contribution >= 0.6 is 0 Å². The van der Waals surface area contributed by atoms with Crippen molar-refractivity contribution in [1.29, 1.82) is 0 Å². The summed E-state index contributed by atoms with van der Waals surface area (Å²) in [5, 5.41) is 9.50. The summed E-state index contributed by atoms with van der Waals surface area (Å²) in [6.07, 6.45) is 8.35. The zero-order valence-electron chi connectivity index (χ0n) is 13.9. The molecule has 3 rings (SSSR count). The minimum absolute atomic E-state index is 0.00179. The first-order chi connectivity index (χ1) is 11.1. The van der Waals surface area contributed by atoms with E-state index in [2.05, 4.69) is 21.8 Å². The largest absolute Gasteiger partial charge is 0.460 e. The fourth-order valence-electron chi connectivity index (χ4n) is 3.55. The van der Waals surface area contributed by atoms with Gasteiger partial charge in [0, 0.05) is 19.3 Å². The number of piperidine rings is 1. The number of aliphatic hydroxyl groups excluding tert-OH is 1. The van der Waals surface area contributed by atoms with E-state index >= 15 is 0 Å². The van der Waals surface area contributed by atoms with Gasteiger partial charge in [-0.25, -0.2) is 4.98 Å². The van der Waals surface area contributed by atoms with E-state index in [4.69, 9.17) is 10.5 Å². The first kappa shape index (κ1) is 16.5. The third-order valence-electron chi connectivity index (χ3n) is 5.10. The molecule has 0 amide bonds. The number of nitrogens with two attached hydrogens (primary N) is 1. The van der Waals surface area contributed by atoms with E-state index in [1.807, 2.05) is 6.07 Å². The molecular formula is C17H28N4O2. The van der Waals surface area contributed by atoms with Crippen molar-refractivity contribution in [2.45, 2.75) is 57.1 Å². The molecule has 2 aliphatic rings. The summed E-state index contributed by atoms with van der Waals surface area (Å²) >= 11 is 0. The Morgan fingerprint density at radius 2 is 2.17 bits per heavy atom. The van der Waals surface area contributed by atoms with Crippen LogP contribution < -0.4 is 15.4 Å². The van der Waals surface area contributed by atoms with E-state index in [1.54, 1.807) is 6.20 Å². The van der Waals surface area contributed by atoms with Crippen molar-refractivity contribution >= 4 is 5.82 Å². The summed E-state index contributed by atoms with van der Waals surface area (Å²) in [5.41, 5.74) is 5.68. The maximum atomic E-state index is 9.50. The van der Waals surface area contributed by atoms with Crippen LogP contribution in [0.5, 0.6) is 6.01 Å². The van der Waals surface area contributed by atoms with Crippen molar-refractivity contribution in [3.63, 3.8) is 0 Å². The second-order valence-corrected chi connectivity index (χ2v) is 7.24. The van der Waals surface area contributed by atoms with Gasteiger partial charge in [-0.1, -0.05) is 6.92 Å². The van der Waals surface area contributed by atoms with Gasteiger partial charge < -0.3 is 20.5 Å². The first-order valence-corrected chi connectivity index (χ1v) is 8.72. The lowest BCUT2D eigenvalue weighted by atomic mass is 9.89. The average Bonchev–Trinajstić information content (AvgIpc) is 2.57. The molecule has 1 aromatic heterocycles. The van der Waals surface area contributed by atoms with Gasteiger partial charge in [-0.05, 0) is 50.5 Å². The van der Waals surface area contributed by atoms with Gasteiger partial charge in [0.25, 0.3) is 0 Å². The molecule has 6 nitrogen and oxygen atoms in total. The molecule has 128 valence electrons. The van der Waals surface area contributed by atoms with Gasteiger partial charge >= 0.3 is 6.01 Å². The van der Waals surface area contributed by atoms with Crippen molar-refractivity contribution < 1.29 is 9.84 Å². The normalized spacial score (nSPS) is 31.9. The van der Waals surface area contributed by atoms with Gasteiger partial charge in [0.15, 0.2) is 0 Å². The van der Waals surface area contributed by atoms with Crippen LogP contribution in [0.15, 0.2) is 12.3 Å². The van der Waals surface area contributed by atoms with E-state index in [0.29, 0.717) is 12.6 Å². The van der Waals surface area contributed by atoms with E-state index in [1.165, 1.54) is 12.8 Å². The maximum absolute atomic E-state index is 9.50. The standard InChI is InChI=1S/C17H28N4O2/c1-13-3-5-14(6-4-13)23-16-19-9-7-15(20-16)21-10-2-8-17(18,11-21)12-22/h7,9,13-14,22H,2-6,8,10-12,18H2,1H3. The van der Waals surface area contributed by atoms with Crippen LogP contribution in [-0.4, -0.2) is 46.4 Å².